The third kappa shape index (κ3) is 4.34. The van der Waals surface area contributed by atoms with Gasteiger partial charge in [-0.15, -0.1) is 0 Å². The van der Waals surface area contributed by atoms with Crippen LogP contribution in [-0.2, 0) is 27.4 Å². The number of aromatic nitrogens is 2. The minimum Gasteiger partial charge on any atom is -0.462 e. The molecule has 108 valence electrons. The molecule has 0 unspecified atom stereocenters. The van der Waals surface area contributed by atoms with Crippen molar-refractivity contribution in [2.75, 3.05) is 12.4 Å². The van der Waals surface area contributed by atoms with Crippen molar-refractivity contribution in [2.45, 2.75) is 32.4 Å². The molecule has 0 aliphatic rings. The van der Waals surface area contributed by atoms with Crippen molar-refractivity contribution < 1.29 is 17.9 Å². The molecule has 6 nitrogen and oxygen atoms in total. The number of ether oxygens (including phenoxy) is 1. The molecular weight excluding hydrogens is 268 g/mol. The molecule has 1 rings (SSSR count). The van der Waals surface area contributed by atoms with Gasteiger partial charge in [-0.3, -0.25) is 4.68 Å². The fraction of sp³-hybridized carbons (Fsp3) is 0.667. The Labute approximate surface area is 113 Å². The SMILES string of the molecule is CCCCS(=O)(=O)Cc1c(C(=O)OCC)cnn1C. The Morgan fingerprint density at radius 1 is 1.42 bits per heavy atom. The van der Waals surface area contributed by atoms with Crippen LogP contribution >= 0.6 is 0 Å². The first-order chi connectivity index (χ1) is 8.91. The van der Waals surface area contributed by atoms with Gasteiger partial charge in [0.2, 0.25) is 0 Å². The topological polar surface area (TPSA) is 78.3 Å². The normalized spacial score (nSPS) is 11.5. The van der Waals surface area contributed by atoms with Gasteiger partial charge in [-0.05, 0) is 13.3 Å². The summed E-state index contributed by atoms with van der Waals surface area (Å²) >= 11 is 0. The zero-order valence-electron chi connectivity index (χ0n) is 11.5. The highest BCUT2D eigenvalue weighted by Crippen LogP contribution is 2.14. The highest BCUT2D eigenvalue weighted by molar-refractivity contribution is 7.90. The molecule has 0 aliphatic heterocycles. The molecule has 1 aromatic heterocycles. The van der Waals surface area contributed by atoms with Gasteiger partial charge in [-0.1, -0.05) is 13.3 Å². The number of carbonyl (C=O) groups excluding carboxylic acids is 1. The molecule has 7 heteroatoms. The first kappa shape index (κ1) is 15.7. The number of hydrogen-bond donors (Lipinski definition) is 0. The van der Waals surface area contributed by atoms with Crippen molar-refractivity contribution in [1.82, 2.24) is 9.78 Å². The number of carbonyl (C=O) groups is 1. The summed E-state index contributed by atoms with van der Waals surface area (Å²) in [5.41, 5.74) is 0.610. The number of aryl methyl sites for hydroxylation is 1. The van der Waals surface area contributed by atoms with Crippen LogP contribution in [0.5, 0.6) is 0 Å². The van der Waals surface area contributed by atoms with Crippen LogP contribution in [0, 0.1) is 0 Å². The Morgan fingerprint density at radius 2 is 2.11 bits per heavy atom. The molecule has 0 N–H and O–H groups in total. The third-order valence-corrected chi connectivity index (χ3v) is 4.35. The molecule has 19 heavy (non-hydrogen) atoms. The van der Waals surface area contributed by atoms with Gasteiger partial charge in [0.05, 0.1) is 30.0 Å². The molecule has 1 heterocycles. The third-order valence-electron chi connectivity index (χ3n) is 2.72. The van der Waals surface area contributed by atoms with E-state index in [1.165, 1.54) is 10.9 Å². The van der Waals surface area contributed by atoms with Crippen molar-refractivity contribution in [3.8, 4) is 0 Å². The molecule has 1 aromatic rings. The van der Waals surface area contributed by atoms with Crippen LogP contribution < -0.4 is 0 Å². The van der Waals surface area contributed by atoms with Crippen molar-refractivity contribution in [1.29, 1.82) is 0 Å². The minimum absolute atomic E-state index is 0.122. The quantitative estimate of drug-likeness (QED) is 0.707. The molecule has 0 fully saturated rings. The summed E-state index contributed by atoms with van der Waals surface area (Å²) in [6, 6.07) is 0. The summed E-state index contributed by atoms with van der Waals surface area (Å²) in [6.07, 6.45) is 2.78. The molecule has 0 atom stereocenters. The van der Waals surface area contributed by atoms with E-state index in [9.17, 15) is 13.2 Å². The molecule has 0 aliphatic carbocycles. The van der Waals surface area contributed by atoms with Crippen molar-refractivity contribution in [3.05, 3.63) is 17.5 Å². The van der Waals surface area contributed by atoms with Crippen LogP contribution in [0.1, 0.15) is 42.7 Å². The van der Waals surface area contributed by atoms with Crippen molar-refractivity contribution in [2.24, 2.45) is 7.05 Å². The number of hydrogen-bond acceptors (Lipinski definition) is 5. The van der Waals surface area contributed by atoms with E-state index in [-0.39, 0.29) is 23.7 Å². The first-order valence-corrected chi connectivity index (χ1v) is 8.11. The maximum absolute atomic E-state index is 11.9. The fourth-order valence-electron chi connectivity index (χ4n) is 1.66. The highest BCUT2D eigenvalue weighted by Gasteiger charge is 2.22. The van der Waals surface area contributed by atoms with Crippen LogP contribution in [0.15, 0.2) is 6.20 Å². The van der Waals surface area contributed by atoms with E-state index in [0.717, 1.165) is 6.42 Å². The standard InChI is InChI=1S/C12H20N2O4S/c1-4-6-7-19(16,17)9-11-10(8-13-14(11)3)12(15)18-5-2/h8H,4-7,9H2,1-3H3. The lowest BCUT2D eigenvalue weighted by Gasteiger charge is -2.07. The monoisotopic (exact) mass is 288 g/mol. The summed E-state index contributed by atoms with van der Waals surface area (Å²) < 4.78 is 30.2. The number of unbranched alkanes of at least 4 members (excludes halogenated alkanes) is 1. The molecular formula is C12H20N2O4S. The maximum Gasteiger partial charge on any atom is 0.341 e. The average molecular weight is 288 g/mol. The van der Waals surface area contributed by atoms with Crippen LogP contribution in [0.25, 0.3) is 0 Å². The first-order valence-electron chi connectivity index (χ1n) is 6.29. The van der Waals surface area contributed by atoms with E-state index in [4.69, 9.17) is 4.74 Å². The number of rotatable bonds is 7. The minimum atomic E-state index is -3.23. The molecule has 0 bridgehead atoms. The Hall–Kier alpha value is -1.37. The predicted molar refractivity (Wildman–Crippen MR) is 71.6 cm³/mol. The van der Waals surface area contributed by atoms with E-state index in [1.807, 2.05) is 6.92 Å². The van der Waals surface area contributed by atoms with E-state index in [2.05, 4.69) is 5.10 Å². The zero-order valence-corrected chi connectivity index (χ0v) is 12.4. The van der Waals surface area contributed by atoms with Gasteiger partial charge in [0.1, 0.15) is 5.56 Å². The molecule has 0 spiro atoms. The highest BCUT2D eigenvalue weighted by atomic mass is 32.2. The lowest BCUT2D eigenvalue weighted by molar-refractivity contribution is 0.0525. The number of sulfone groups is 1. The number of esters is 1. The van der Waals surface area contributed by atoms with E-state index >= 15 is 0 Å². The molecule has 0 aromatic carbocycles. The van der Waals surface area contributed by atoms with Crippen LogP contribution in [0.3, 0.4) is 0 Å². The lowest BCUT2D eigenvalue weighted by atomic mass is 10.3. The average Bonchev–Trinajstić information content (AvgIpc) is 2.68. The van der Waals surface area contributed by atoms with Gasteiger partial charge in [-0.2, -0.15) is 5.10 Å². The zero-order chi connectivity index (χ0) is 14.5. The lowest BCUT2D eigenvalue weighted by Crippen LogP contribution is -2.15. The molecule has 0 radical (unpaired) electrons. The van der Waals surface area contributed by atoms with E-state index < -0.39 is 15.8 Å². The second-order valence-electron chi connectivity index (χ2n) is 4.29. The Bertz CT molecular complexity index is 534. The summed E-state index contributed by atoms with van der Waals surface area (Å²) in [6.45, 7) is 3.88. The van der Waals surface area contributed by atoms with E-state index in [0.29, 0.717) is 12.1 Å². The fourth-order valence-corrected chi connectivity index (χ4v) is 3.29. The Morgan fingerprint density at radius 3 is 2.68 bits per heavy atom. The van der Waals surface area contributed by atoms with Gasteiger partial charge < -0.3 is 4.74 Å². The van der Waals surface area contributed by atoms with Crippen LogP contribution in [0.2, 0.25) is 0 Å². The maximum atomic E-state index is 11.9. The van der Waals surface area contributed by atoms with Gasteiger partial charge >= 0.3 is 5.97 Å². The van der Waals surface area contributed by atoms with Crippen molar-refractivity contribution in [3.63, 3.8) is 0 Å². The van der Waals surface area contributed by atoms with Gasteiger partial charge in [-0.25, -0.2) is 13.2 Å². The molecule has 0 saturated heterocycles. The summed E-state index contributed by atoms with van der Waals surface area (Å²) in [5, 5.41) is 3.94. The van der Waals surface area contributed by atoms with Gasteiger partial charge in [0, 0.05) is 7.05 Å². The van der Waals surface area contributed by atoms with Crippen LogP contribution in [-0.4, -0.2) is 36.5 Å². The van der Waals surface area contributed by atoms with Crippen molar-refractivity contribution >= 4 is 15.8 Å². The summed E-state index contributed by atoms with van der Waals surface area (Å²) in [5.74, 6) is -0.592. The Kier molecular flexibility index (Phi) is 5.53. The predicted octanol–water partition coefficient (Wildman–Crippen LogP) is 1.31. The van der Waals surface area contributed by atoms with E-state index in [1.54, 1.807) is 14.0 Å². The van der Waals surface area contributed by atoms with Gasteiger partial charge in [0.25, 0.3) is 0 Å². The van der Waals surface area contributed by atoms with Crippen LogP contribution in [0.4, 0.5) is 0 Å². The number of nitrogens with zero attached hydrogens (tertiary/aromatic N) is 2. The smallest absolute Gasteiger partial charge is 0.341 e. The second kappa shape index (κ2) is 6.70. The summed E-state index contributed by atoms with van der Waals surface area (Å²) in [7, 11) is -1.61. The largest absolute Gasteiger partial charge is 0.462 e. The van der Waals surface area contributed by atoms with Gasteiger partial charge in [0.15, 0.2) is 9.84 Å². The Balaban J connectivity index is 2.94. The molecule has 0 amide bonds. The molecule has 0 saturated carbocycles. The second-order valence-corrected chi connectivity index (χ2v) is 6.48. The summed E-state index contributed by atoms with van der Waals surface area (Å²) in [4.78, 5) is 11.7.